The number of fused-ring (bicyclic) bond motifs is 1. The van der Waals surface area contributed by atoms with Gasteiger partial charge in [0, 0.05) is 17.7 Å². The van der Waals surface area contributed by atoms with Gasteiger partial charge in [-0.25, -0.2) is 9.07 Å². The minimum atomic E-state index is -0.366. The molecule has 0 saturated carbocycles. The summed E-state index contributed by atoms with van der Waals surface area (Å²) < 4.78 is 15.6. The van der Waals surface area contributed by atoms with Gasteiger partial charge in [-0.1, -0.05) is 68.4 Å². The maximum absolute atomic E-state index is 13.9. The van der Waals surface area contributed by atoms with Crippen molar-refractivity contribution in [1.82, 2.24) is 15.1 Å². The lowest BCUT2D eigenvalue weighted by atomic mass is 9.97. The third-order valence-corrected chi connectivity index (χ3v) is 7.92. The zero-order valence-corrected chi connectivity index (χ0v) is 23.0. The highest BCUT2D eigenvalue weighted by Gasteiger charge is 2.38. The smallest absolute Gasteiger partial charge is 0.240 e. The Labute approximate surface area is 232 Å². The van der Waals surface area contributed by atoms with E-state index in [1.807, 2.05) is 56.3 Å². The fourth-order valence-corrected chi connectivity index (χ4v) is 6.03. The van der Waals surface area contributed by atoms with Crippen molar-refractivity contribution in [2.45, 2.75) is 26.0 Å². The first kappa shape index (κ1) is 26.7. The number of aryl methyl sites for hydroxylation is 1. The van der Waals surface area contributed by atoms with Crippen molar-refractivity contribution in [3.8, 4) is 16.9 Å². The maximum atomic E-state index is 13.9. The van der Waals surface area contributed by atoms with E-state index in [1.54, 1.807) is 21.7 Å². The minimum Gasteiger partial charge on any atom is -0.354 e. The molecule has 0 bridgehead atoms. The molecule has 1 aromatic heterocycles. The molecule has 0 radical (unpaired) electrons. The third kappa shape index (κ3) is 5.61. The molecule has 1 N–H and O–H groups in total. The highest BCUT2D eigenvalue weighted by Crippen LogP contribution is 2.49. The number of carbonyl (C=O) groups is 2. The van der Waals surface area contributed by atoms with Gasteiger partial charge in [-0.2, -0.15) is 5.10 Å². The second-order valence-electron chi connectivity index (χ2n) is 10.1. The number of nitrogens with one attached hydrogen (secondary N) is 1. The number of thioether (sulfide) groups is 1. The van der Waals surface area contributed by atoms with Crippen molar-refractivity contribution < 1.29 is 14.0 Å². The molecule has 5 rings (SSSR count). The fourth-order valence-electron chi connectivity index (χ4n) is 4.73. The SMILES string of the molecule is Cc1ccccc1[C@H]1SCC(=O)N(CC(=O)NCC(C)C)c2c1c(-c1ccccc1)nn2-c1ccc(F)cc1. The van der Waals surface area contributed by atoms with Crippen LogP contribution in [-0.2, 0) is 9.59 Å². The van der Waals surface area contributed by atoms with Gasteiger partial charge in [0.25, 0.3) is 0 Å². The van der Waals surface area contributed by atoms with Crippen LogP contribution in [0.5, 0.6) is 0 Å². The normalized spacial score (nSPS) is 15.3. The van der Waals surface area contributed by atoms with Gasteiger partial charge in [0.1, 0.15) is 18.2 Å². The molecule has 0 spiro atoms. The Balaban J connectivity index is 1.77. The molecule has 1 atom stereocenters. The predicted octanol–water partition coefficient (Wildman–Crippen LogP) is 5.93. The summed E-state index contributed by atoms with van der Waals surface area (Å²) in [5.74, 6) is 0.219. The summed E-state index contributed by atoms with van der Waals surface area (Å²) in [5, 5.41) is 7.76. The van der Waals surface area contributed by atoms with Crippen LogP contribution in [0.4, 0.5) is 10.2 Å². The van der Waals surface area contributed by atoms with Crippen LogP contribution in [0.3, 0.4) is 0 Å². The third-order valence-electron chi connectivity index (χ3n) is 6.69. The van der Waals surface area contributed by atoms with Crippen LogP contribution in [0.25, 0.3) is 16.9 Å². The van der Waals surface area contributed by atoms with E-state index in [-0.39, 0.29) is 41.1 Å². The van der Waals surface area contributed by atoms with Gasteiger partial charge in [-0.15, -0.1) is 11.8 Å². The van der Waals surface area contributed by atoms with E-state index >= 15 is 0 Å². The molecule has 1 aliphatic heterocycles. The van der Waals surface area contributed by atoms with E-state index in [0.717, 1.165) is 27.9 Å². The lowest BCUT2D eigenvalue weighted by Gasteiger charge is -2.23. The summed E-state index contributed by atoms with van der Waals surface area (Å²) in [6.07, 6.45) is 0. The molecule has 39 heavy (non-hydrogen) atoms. The second kappa shape index (κ2) is 11.5. The molecular formula is C31H31FN4O2S. The summed E-state index contributed by atoms with van der Waals surface area (Å²) in [5.41, 5.74) is 5.26. The molecule has 1 aliphatic rings. The van der Waals surface area contributed by atoms with E-state index in [1.165, 1.54) is 23.9 Å². The zero-order valence-electron chi connectivity index (χ0n) is 22.2. The van der Waals surface area contributed by atoms with Gasteiger partial charge in [-0.3, -0.25) is 14.5 Å². The predicted molar refractivity (Wildman–Crippen MR) is 155 cm³/mol. The quantitative estimate of drug-likeness (QED) is 0.314. The van der Waals surface area contributed by atoms with Crippen molar-refractivity contribution in [2.75, 3.05) is 23.7 Å². The summed E-state index contributed by atoms with van der Waals surface area (Å²) in [4.78, 5) is 28.3. The summed E-state index contributed by atoms with van der Waals surface area (Å²) in [6.45, 7) is 6.48. The lowest BCUT2D eigenvalue weighted by Crippen LogP contribution is -2.43. The maximum Gasteiger partial charge on any atom is 0.240 e. The van der Waals surface area contributed by atoms with Gasteiger partial charge in [0.15, 0.2) is 0 Å². The Morgan fingerprint density at radius 2 is 1.74 bits per heavy atom. The van der Waals surface area contributed by atoms with Crippen LogP contribution in [0, 0.1) is 18.7 Å². The first-order valence-electron chi connectivity index (χ1n) is 13.0. The number of hydrogen-bond donors (Lipinski definition) is 1. The Kier molecular flexibility index (Phi) is 7.84. The standard InChI is InChI=1S/C31H31FN4O2S/c1-20(2)17-33-26(37)18-35-27(38)19-39-30(25-12-8-7-9-21(25)3)28-29(22-10-5-4-6-11-22)34-36(31(28)35)24-15-13-23(32)14-16-24/h4-16,20,30H,17-19H2,1-3H3,(H,33,37)/t30-/m1/s1. The number of anilines is 1. The van der Waals surface area contributed by atoms with Crippen molar-refractivity contribution in [3.05, 3.63) is 101 Å². The van der Waals surface area contributed by atoms with Crippen molar-refractivity contribution in [1.29, 1.82) is 0 Å². The minimum absolute atomic E-state index is 0.138. The highest BCUT2D eigenvalue weighted by atomic mass is 32.2. The molecule has 0 unspecified atom stereocenters. The van der Waals surface area contributed by atoms with Crippen LogP contribution in [-0.4, -0.2) is 40.4 Å². The molecule has 2 amide bonds. The number of amides is 2. The fraction of sp³-hybridized carbons (Fsp3) is 0.258. The number of rotatable bonds is 7. The topological polar surface area (TPSA) is 67.2 Å². The van der Waals surface area contributed by atoms with Crippen LogP contribution in [0.2, 0.25) is 0 Å². The number of hydrogen-bond acceptors (Lipinski definition) is 4. The van der Waals surface area contributed by atoms with Gasteiger partial charge in [-0.05, 0) is 48.2 Å². The van der Waals surface area contributed by atoms with Gasteiger partial charge >= 0.3 is 0 Å². The number of carbonyl (C=O) groups excluding carboxylic acids is 2. The average molecular weight is 543 g/mol. The van der Waals surface area contributed by atoms with Crippen LogP contribution >= 0.6 is 11.8 Å². The van der Waals surface area contributed by atoms with Crippen molar-refractivity contribution in [3.63, 3.8) is 0 Å². The highest BCUT2D eigenvalue weighted by molar-refractivity contribution is 8.00. The Morgan fingerprint density at radius 1 is 1.05 bits per heavy atom. The monoisotopic (exact) mass is 542 g/mol. The van der Waals surface area contributed by atoms with Gasteiger partial charge in [0.2, 0.25) is 11.8 Å². The molecule has 2 heterocycles. The number of aromatic nitrogens is 2. The lowest BCUT2D eigenvalue weighted by molar-refractivity contribution is -0.123. The zero-order chi connectivity index (χ0) is 27.5. The molecule has 3 aromatic carbocycles. The van der Waals surface area contributed by atoms with Crippen LogP contribution < -0.4 is 10.2 Å². The van der Waals surface area contributed by atoms with Crippen molar-refractivity contribution >= 4 is 29.4 Å². The Hall–Kier alpha value is -3.91. The summed E-state index contributed by atoms with van der Waals surface area (Å²) in [6, 6.07) is 24.0. The molecular weight excluding hydrogens is 511 g/mol. The van der Waals surface area contributed by atoms with E-state index in [4.69, 9.17) is 5.10 Å². The van der Waals surface area contributed by atoms with E-state index in [9.17, 15) is 14.0 Å². The Morgan fingerprint density at radius 3 is 2.44 bits per heavy atom. The van der Waals surface area contributed by atoms with Crippen molar-refractivity contribution in [2.24, 2.45) is 5.92 Å². The Bertz CT molecular complexity index is 1480. The number of benzene rings is 3. The van der Waals surface area contributed by atoms with E-state index < -0.39 is 0 Å². The molecule has 200 valence electrons. The molecule has 0 saturated heterocycles. The number of nitrogens with zero attached hydrogens (tertiary/aromatic N) is 3. The van der Waals surface area contributed by atoms with Gasteiger partial charge < -0.3 is 5.32 Å². The van der Waals surface area contributed by atoms with Crippen LogP contribution in [0.15, 0.2) is 78.9 Å². The first-order valence-corrected chi connectivity index (χ1v) is 14.1. The summed E-state index contributed by atoms with van der Waals surface area (Å²) in [7, 11) is 0. The summed E-state index contributed by atoms with van der Waals surface area (Å²) >= 11 is 1.53. The largest absolute Gasteiger partial charge is 0.354 e. The van der Waals surface area contributed by atoms with E-state index in [0.29, 0.717) is 18.1 Å². The molecule has 4 aromatic rings. The van der Waals surface area contributed by atoms with Crippen LogP contribution in [0.1, 0.15) is 35.8 Å². The molecule has 8 heteroatoms. The van der Waals surface area contributed by atoms with Gasteiger partial charge in [0.05, 0.1) is 22.4 Å². The molecule has 0 fully saturated rings. The average Bonchev–Trinajstić information content (AvgIpc) is 3.26. The molecule has 0 aliphatic carbocycles. The first-order chi connectivity index (χ1) is 18.8. The molecule has 6 nitrogen and oxygen atoms in total. The van der Waals surface area contributed by atoms with E-state index in [2.05, 4.69) is 24.4 Å². The second-order valence-corrected chi connectivity index (χ2v) is 11.2. The number of halogens is 1.